The van der Waals surface area contributed by atoms with E-state index in [-0.39, 0.29) is 16.5 Å². The van der Waals surface area contributed by atoms with E-state index in [4.69, 9.17) is 21.1 Å². The number of rotatable bonds is 9. The molecule has 2 heterocycles. The highest BCUT2D eigenvalue weighted by molar-refractivity contribution is 8.00. The Bertz CT molecular complexity index is 1690. The zero-order chi connectivity index (χ0) is 30.0. The van der Waals surface area contributed by atoms with Crippen LogP contribution in [0, 0.1) is 13.8 Å². The average molecular weight is 622 g/mol. The van der Waals surface area contributed by atoms with Crippen molar-refractivity contribution < 1.29 is 24.2 Å². The van der Waals surface area contributed by atoms with Gasteiger partial charge >= 0.3 is 5.91 Å². The number of anilines is 1. The molecule has 1 saturated heterocycles. The van der Waals surface area contributed by atoms with E-state index in [1.165, 1.54) is 35.1 Å². The van der Waals surface area contributed by atoms with Gasteiger partial charge < -0.3 is 14.6 Å². The third kappa shape index (κ3) is 5.88. The molecule has 0 spiro atoms. The summed E-state index contributed by atoms with van der Waals surface area (Å²) in [6, 6.07) is 17.3. The topological polar surface area (TPSA) is 102 Å². The fourth-order valence-electron chi connectivity index (χ4n) is 4.69. The summed E-state index contributed by atoms with van der Waals surface area (Å²) < 4.78 is 11.9. The van der Waals surface area contributed by atoms with Crippen molar-refractivity contribution in [1.82, 2.24) is 10.2 Å². The fourth-order valence-corrected chi connectivity index (χ4v) is 6.64. The van der Waals surface area contributed by atoms with Crippen LogP contribution in [0.1, 0.15) is 40.8 Å². The molecule has 0 aliphatic carbocycles. The van der Waals surface area contributed by atoms with Gasteiger partial charge in [-0.2, -0.15) is 0 Å². The van der Waals surface area contributed by atoms with Crippen molar-refractivity contribution in [1.29, 1.82) is 0 Å². The Hall–Kier alpha value is -3.86. The molecule has 1 aromatic heterocycles. The third-order valence-corrected chi connectivity index (χ3v) is 9.15. The van der Waals surface area contributed by atoms with Gasteiger partial charge in [0.1, 0.15) is 5.76 Å². The summed E-state index contributed by atoms with van der Waals surface area (Å²) in [7, 11) is 1.52. The molecule has 5 rings (SSSR count). The van der Waals surface area contributed by atoms with Crippen molar-refractivity contribution in [3.63, 3.8) is 0 Å². The van der Waals surface area contributed by atoms with E-state index in [0.717, 1.165) is 16.7 Å². The Kier molecular flexibility index (Phi) is 8.86. The van der Waals surface area contributed by atoms with Crippen molar-refractivity contribution in [2.45, 2.75) is 36.9 Å². The standard InChI is InChI=1S/C31H28ClN3O5S2/c1-5-40-23-13-10-20(15-24(23)39-4)26-25(27(36)22-14-17(2)6-7-18(22)3)28(37)29(38)35(26)30-33-34-31(42-30)41-16-19-8-11-21(32)12-9-19/h6-15,26,36H,5,16H2,1-4H3. The van der Waals surface area contributed by atoms with Crippen molar-refractivity contribution >= 4 is 57.3 Å². The van der Waals surface area contributed by atoms with E-state index in [1.807, 2.05) is 57.2 Å². The predicted octanol–water partition coefficient (Wildman–Crippen LogP) is 7.13. The fraction of sp³-hybridized carbons (Fsp3) is 0.226. The first-order valence-corrected chi connectivity index (χ1v) is 15.3. The lowest BCUT2D eigenvalue weighted by molar-refractivity contribution is -0.132. The number of nitrogens with zero attached hydrogens (tertiary/aromatic N) is 3. The number of hydrogen-bond acceptors (Lipinski definition) is 9. The molecule has 1 aliphatic heterocycles. The zero-order valence-corrected chi connectivity index (χ0v) is 25.8. The summed E-state index contributed by atoms with van der Waals surface area (Å²) in [6.45, 7) is 6.04. The number of aryl methyl sites for hydroxylation is 2. The molecule has 4 aromatic rings. The highest BCUT2D eigenvalue weighted by Crippen LogP contribution is 2.46. The Morgan fingerprint density at radius 3 is 2.52 bits per heavy atom. The number of ether oxygens (including phenoxy) is 2. The number of aliphatic hydroxyl groups is 1. The highest BCUT2D eigenvalue weighted by Gasteiger charge is 2.48. The Balaban J connectivity index is 1.60. The Labute approximate surface area is 257 Å². The Morgan fingerprint density at radius 2 is 1.81 bits per heavy atom. The van der Waals surface area contributed by atoms with Crippen molar-refractivity contribution in [2.24, 2.45) is 0 Å². The van der Waals surface area contributed by atoms with Gasteiger partial charge in [0.15, 0.2) is 15.8 Å². The van der Waals surface area contributed by atoms with Gasteiger partial charge in [0.2, 0.25) is 5.13 Å². The molecule has 1 fully saturated rings. The lowest BCUT2D eigenvalue weighted by Crippen LogP contribution is -2.29. The first kappa shape index (κ1) is 29.6. The van der Waals surface area contributed by atoms with Crippen LogP contribution in [0.2, 0.25) is 5.02 Å². The summed E-state index contributed by atoms with van der Waals surface area (Å²) in [5.74, 6) is -0.287. The van der Waals surface area contributed by atoms with Crippen LogP contribution in [0.4, 0.5) is 5.13 Å². The van der Waals surface area contributed by atoms with E-state index in [2.05, 4.69) is 10.2 Å². The molecule has 0 saturated carbocycles. The second kappa shape index (κ2) is 12.6. The third-order valence-electron chi connectivity index (χ3n) is 6.77. The Morgan fingerprint density at radius 1 is 1.05 bits per heavy atom. The average Bonchev–Trinajstić information content (AvgIpc) is 3.56. The van der Waals surface area contributed by atoms with Gasteiger partial charge in [0, 0.05) is 16.3 Å². The number of carbonyl (C=O) groups excluding carboxylic acids is 2. The first-order chi connectivity index (χ1) is 20.2. The molecule has 1 N–H and O–H groups in total. The molecule has 42 heavy (non-hydrogen) atoms. The quantitative estimate of drug-likeness (QED) is 0.0692. The maximum absolute atomic E-state index is 13.6. The lowest BCUT2D eigenvalue weighted by atomic mass is 9.93. The molecular weight excluding hydrogens is 594 g/mol. The smallest absolute Gasteiger partial charge is 0.301 e. The minimum atomic E-state index is -0.975. The number of ketones is 1. The largest absolute Gasteiger partial charge is 0.507 e. The summed E-state index contributed by atoms with van der Waals surface area (Å²) in [6.07, 6.45) is 0. The summed E-state index contributed by atoms with van der Waals surface area (Å²) in [4.78, 5) is 28.6. The number of amides is 1. The van der Waals surface area contributed by atoms with Crippen molar-refractivity contribution in [2.75, 3.05) is 18.6 Å². The van der Waals surface area contributed by atoms with Crippen LogP contribution in [0.5, 0.6) is 11.5 Å². The molecular formula is C31H28ClN3O5S2. The van der Waals surface area contributed by atoms with Gasteiger partial charge in [-0.3, -0.25) is 14.5 Å². The van der Waals surface area contributed by atoms with E-state index >= 15 is 0 Å². The molecule has 0 radical (unpaired) electrons. The van der Waals surface area contributed by atoms with Crippen molar-refractivity contribution in [3.05, 3.63) is 99.1 Å². The monoisotopic (exact) mass is 621 g/mol. The van der Waals surface area contributed by atoms with Crippen LogP contribution in [0.3, 0.4) is 0 Å². The highest BCUT2D eigenvalue weighted by atomic mass is 35.5. The number of aliphatic hydroxyl groups excluding tert-OH is 1. The van der Waals surface area contributed by atoms with E-state index in [0.29, 0.717) is 44.3 Å². The van der Waals surface area contributed by atoms with Crippen LogP contribution in [0.25, 0.3) is 5.76 Å². The minimum Gasteiger partial charge on any atom is -0.507 e. The SMILES string of the molecule is CCOc1ccc(C2C(=C(O)c3cc(C)ccc3C)C(=O)C(=O)N2c2nnc(SCc3ccc(Cl)cc3)s2)cc1OC. The lowest BCUT2D eigenvalue weighted by Gasteiger charge is -2.23. The van der Waals surface area contributed by atoms with Crippen LogP contribution >= 0.6 is 34.7 Å². The number of thioether (sulfide) groups is 1. The van der Waals surface area contributed by atoms with Gasteiger partial charge in [-0.25, -0.2) is 0 Å². The van der Waals surface area contributed by atoms with E-state index in [9.17, 15) is 14.7 Å². The summed E-state index contributed by atoms with van der Waals surface area (Å²) >= 11 is 8.66. The molecule has 11 heteroatoms. The predicted molar refractivity (Wildman–Crippen MR) is 166 cm³/mol. The normalized spacial score (nSPS) is 16.2. The number of Topliss-reactive ketones (excluding diaryl/α,β-unsaturated/α-hetero) is 1. The van der Waals surface area contributed by atoms with Crippen LogP contribution in [-0.4, -0.2) is 40.7 Å². The van der Waals surface area contributed by atoms with Crippen LogP contribution < -0.4 is 14.4 Å². The van der Waals surface area contributed by atoms with Gasteiger partial charge in [-0.1, -0.05) is 70.6 Å². The second-order valence-electron chi connectivity index (χ2n) is 9.60. The number of methoxy groups -OCH3 is 1. The molecule has 0 bridgehead atoms. The number of aromatic nitrogens is 2. The summed E-state index contributed by atoms with van der Waals surface area (Å²) in [5.41, 5.74) is 3.72. The number of carbonyl (C=O) groups is 2. The van der Waals surface area contributed by atoms with Crippen molar-refractivity contribution in [3.8, 4) is 11.5 Å². The van der Waals surface area contributed by atoms with Gasteiger partial charge in [-0.15, -0.1) is 10.2 Å². The van der Waals surface area contributed by atoms with Crippen LogP contribution in [-0.2, 0) is 15.3 Å². The van der Waals surface area contributed by atoms with E-state index < -0.39 is 17.7 Å². The molecule has 1 amide bonds. The maximum Gasteiger partial charge on any atom is 0.301 e. The first-order valence-electron chi connectivity index (χ1n) is 13.1. The summed E-state index contributed by atoms with van der Waals surface area (Å²) in [5, 5.41) is 21.1. The molecule has 3 aromatic carbocycles. The molecule has 1 atom stereocenters. The molecule has 8 nitrogen and oxygen atoms in total. The van der Waals surface area contributed by atoms with Gasteiger partial charge in [-0.05, 0) is 67.8 Å². The minimum absolute atomic E-state index is 0.0366. The van der Waals surface area contributed by atoms with Gasteiger partial charge in [0.05, 0.1) is 25.3 Å². The molecule has 216 valence electrons. The van der Waals surface area contributed by atoms with Gasteiger partial charge in [0.25, 0.3) is 5.78 Å². The zero-order valence-electron chi connectivity index (χ0n) is 23.4. The molecule has 1 unspecified atom stereocenters. The number of hydrogen-bond donors (Lipinski definition) is 1. The number of benzene rings is 3. The molecule has 1 aliphatic rings. The second-order valence-corrected chi connectivity index (χ2v) is 12.2. The maximum atomic E-state index is 13.6. The van der Waals surface area contributed by atoms with Crippen LogP contribution in [0.15, 0.2) is 70.6 Å². The van der Waals surface area contributed by atoms with E-state index in [1.54, 1.807) is 24.3 Å². The number of halogens is 1.